The predicted octanol–water partition coefficient (Wildman–Crippen LogP) is 11.5. The number of para-hydroxylation sites is 2. The Bertz CT molecular complexity index is 2710. The van der Waals surface area contributed by atoms with Crippen LogP contribution in [-0.4, -0.2) is 21.2 Å². The molecule has 0 spiro atoms. The zero-order valence-corrected chi connectivity index (χ0v) is 33.6. The van der Waals surface area contributed by atoms with Crippen LogP contribution >= 0.6 is 0 Å². The van der Waals surface area contributed by atoms with Crippen molar-refractivity contribution in [3.63, 3.8) is 0 Å². The van der Waals surface area contributed by atoms with Gasteiger partial charge in [0.25, 0.3) is 0 Å². The first-order valence-corrected chi connectivity index (χ1v) is 17.9. The van der Waals surface area contributed by atoms with E-state index in [9.17, 15) is 0 Å². The number of aryl methyl sites for hydroxylation is 1. The minimum absolute atomic E-state index is 0. The minimum Gasteiger partial charge on any atom is -0.509 e. The first kappa shape index (κ1) is 35.0. The SMILES string of the molecule is CN1[CH-]N(c2[c-]c(Oc3[c-]c4c(cc3)c3ccccc3n4-c3cc(C(C)(C)C)ccn3)cc(C(C)(C)C)c2)c2c1ccc1c3ccccc3n(C)c21.[Pt]. The fraction of sp³-hybridized carbons (Fsp3) is 0.217. The largest absolute Gasteiger partial charge is 0.509 e. The Morgan fingerprint density at radius 2 is 1.34 bits per heavy atom. The van der Waals surface area contributed by atoms with E-state index in [1.807, 2.05) is 12.3 Å². The number of rotatable bonds is 4. The molecule has 0 saturated heterocycles. The Balaban J connectivity index is 0.00000400. The summed E-state index contributed by atoms with van der Waals surface area (Å²) in [5.41, 5.74) is 9.84. The van der Waals surface area contributed by atoms with E-state index in [2.05, 4.69) is 184 Å². The zero-order chi connectivity index (χ0) is 36.1. The molecule has 4 heterocycles. The van der Waals surface area contributed by atoms with E-state index in [1.54, 1.807) is 0 Å². The molecule has 0 unspecified atom stereocenters. The van der Waals surface area contributed by atoms with Gasteiger partial charge in [0.05, 0.1) is 11.2 Å². The normalized spacial score (nSPS) is 13.4. The summed E-state index contributed by atoms with van der Waals surface area (Å²) in [5.74, 6) is 2.13. The van der Waals surface area contributed by atoms with Gasteiger partial charge in [-0.3, -0.25) is 0 Å². The Hall–Kier alpha value is -5.06. The van der Waals surface area contributed by atoms with Crippen molar-refractivity contribution in [1.82, 2.24) is 14.1 Å². The standard InChI is InChI=1S/C46H42N5O.Pt/c1-45(2,3)29-21-22-47-42(25-29)51-39-16-12-10-13-34(39)36-18-17-32(27-41(36)51)52-33-24-30(46(4,5)6)23-31(26-33)50-28-48(7)40-20-19-37-35-14-9-11-15-38(35)49(8)43(37)44(40)50;/h9-25,28H,1-8H3;/q-3;. The van der Waals surface area contributed by atoms with Crippen LogP contribution in [0.5, 0.6) is 11.5 Å². The maximum atomic E-state index is 6.76. The van der Waals surface area contributed by atoms with Gasteiger partial charge in [-0.1, -0.05) is 89.5 Å². The molecule has 7 heteroatoms. The van der Waals surface area contributed by atoms with E-state index in [0.717, 1.165) is 50.2 Å². The van der Waals surface area contributed by atoms with Gasteiger partial charge in [-0.05, 0) is 59.2 Å². The molecule has 53 heavy (non-hydrogen) atoms. The smallest absolute Gasteiger partial charge is 0.135 e. The summed E-state index contributed by atoms with van der Waals surface area (Å²) >= 11 is 0. The number of aromatic nitrogens is 3. The van der Waals surface area contributed by atoms with E-state index in [1.165, 1.54) is 27.4 Å². The molecule has 0 fully saturated rings. The fourth-order valence-electron chi connectivity index (χ4n) is 7.68. The van der Waals surface area contributed by atoms with Gasteiger partial charge >= 0.3 is 0 Å². The third kappa shape index (κ3) is 5.70. The van der Waals surface area contributed by atoms with Crippen molar-refractivity contribution in [2.45, 2.75) is 52.4 Å². The van der Waals surface area contributed by atoms with Gasteiger partial charge in [0, 0.05) is 73.3 Å². The summed E-state index contributed by atoms with van der Waals surface area (Å²) in [6, 6.07) is 41.7. The molecule has 0 saturated carbocycles. The van der Waals surface area contributed by atoms with Crippen molar-refractivity contribution in [2.24, 2.45) is 7.05 Å². The van der Waals surface area contributed by atoms with Gasteiger partial charge in [-0.15, -0.1) is 47.0 Å². The van der Waals surface area contributed by atoms with E-state index in [0.29, 0.717) is 11.5 Å². The van der Waals surface area contributed by atoms with Crippen molar-refractivity contribution < 1.29 is 25.8 Å². The number of benzene rings is 5. The number of hydrogen-bond donors (Lipinski definition) is 0. The minimum atomic E-state index is -0.133. The van der Waals surface area contributed by atoms with E-state index in [-0.39, 0.29) is 31.9 Å². The van der Waals surface area contributed by atoms with Crippen molar-refractivity contribution in [3.05, 3.63) is 133 Å². The van der Waals surface area contributed by atoms with Crippen LogP contribution in [0.4, 0.5) is 17.1 Å². The third-order valence-corrected chi connectivity index (χ3v) is 10.5. The average Bonchev–Trinajstić information content (AvgIpc) is 3.74. The first-order chi connectivity index (χ1) is 24.9. The third-order valence-electron chi connectivity index (χ3n) is 10.5. The van der Waals surface area contributed by atoms with Crippen molar-refractivity contribution in [1.29, 1.82) is 0 Å². The summed E-state index contributed by atoms with van der Waals surface area (Å²) in [5, 5.41) is 4.73. The van der Waals surface area contributed by atoms with Crippen LogP contribution in [0, 0.1) is 18.8 Å². The van der Waals surface area contributed by atoms with Crippen molar-refractivity contribution in [3.8, 4) is 17.3 Å². The summed E-state index contributed by atoms with van der Waals surface area (Å²) in [6.45, 7) is 15.6. The molecule has 8 aromatic rings. The van der Waals surface area contributed by atoms with Crippen LogP contribution in [0.1, 0.15) is 52.7 Å². The average molecular weight is 876 g/mol. The zero-order valence-electron chi connectivity index (χ0n) is 31.4. The quantitative estimate of drug-likeness (QED) is 0.165. The number of pyridine rings is 1. The molecule has 0 aliphatic carbocycles. The molecule has 0 N–H and O–H groups in total. The molecule has 270 valence electrons. The molecule has 0 radical (unpaired) electrons. The number of hydrogen-bond acceptors (Lipinski definition) is 4. The fourth-order valence-corrected chi connectivity index (χ4v) is 7.68. The second kappa shape index (κ2) is 12.5. The maximum absolute atomic E-state index is 6.76. The Kier molecular flexibility index (Phi) is 8.27. The molecule has 3 aromatic heterocycles. The number of nitrogens with zero attached hydrogens (tertiary/aromatic N) is 5. The molecular weight excluding hydrogens is 834 g/mol. The predicted molar refractivity (Wildman–Crippen MR) is 215 cm³/mol. The number of ether oxygens (including phenoxy) is 1. The van der Waals surface area contributed by atoms with Crippen LogP contribution in [0.15, 0.2) is 103 Å². The molecule has 6 nitrogen and oxygen atoms in total. The van der Waals surface area contributed by atoms with Crippen LogP contribution < -0.4 is 14.5 Å². The number of anilines is 3. The summed E-state index contributed by atoms with van der Waals surface area (Å²) in [6.07, 6.45) is 1.90. The molecule has 9 rings (SSSR count). The molecule has 5 aromatic carbocycles. The van der Waals surface area contributed by atoms with Gasteiger partial charge in [-0.25, -0.2) is 4.98 Å². The van der Waals surface area contributed by atoms with Crippen LogP contribution in [-0.2, 0) is 38.9 Å². The van der Waals surface area contributed by atoms with Crippen LogP contribution in [0.3, 0.4) is 0 Å². The summed E-state index contributed by atoms with van der Waals surface area (Å²) < 4.78 is 11.3. The van der Waals surface area contributed by atoms with Gasteiger partial charge < -0.3 is 23.7 Å². The topological polar surface area (TPSA) is 38.5 Å². The monoisotopic (exact) mass is 875 g/mol. The van der Waals surface area contributed by atoms with Gasteiger partial charge in [0.1, 0.15) is 5.82 Å². The molecule has 1 aliphatic heterocycles. The molecule has 1 aliphatic rings. The van der Waals surface area contributed by atoms with Crippen LogP contribution in [0.25, 0.3) is 49.4 Å². The summed E-state index contributed by atoms with van der Waals surface area (Å²) in [4.78, 5) is 9.30. The maximum Gasteiger partial charge on any atom is 0.135 e. The summed E-state index contributed by atoms with van der Waals surface area (Å²) in [7, 11) is 4.26. The van der Waals surface area contributed by atoms with Gasteiger partial charge in [0.2, 0.25) is 0 Å². The molecule has 0 bridgehead atoms. The Morgan fingerprint density at radius 1 is 0.660 bits per heavy atom. The van der Waals surface area contributed by atoms with Crippen molar-refractivity contribution >= 4 is 60.7 Å². The molecule has 0 amide bonds. The first-order valence-electron chi connectivity index (χ1n) is 17.9. The van der Waals surface area contributed by atoms with E-state index < -0.39 is 0 Å². The second-order valence-corrected chi connectivity index (χ2v) is 16.1. The van der Waals surface area contributed by atoms with Crippen LogP contribution in [0.2, 0.25) is 0 Å². The van der Waals surface area contributed by atoms with Gasteiger partial charge in [-0.2, -0.15) is 12.7 Å². The Labute approximate surface area is 325 Å². The second-order valence-electron chi connectivity index (χ2n) is 16.1. The Morgan fingerprint density at radius 3 is 2.08 bits per heavy atom. The molecule has 0 atom stereocenters. The van der Waals surface area contributed by atoms with E-state index in [4.69, 9.17) is 9.72 Å². The van der Waals surface area contributed by atoms with Gasteiger partial charge in [0.15, 0.2) is 0 Å². The molecular formula is C46H42N5OPt-3. The van der Waals surface area contributed by atoms with E-state index >= 15 is 0 Å². The van der Waals surface area contributed by atoms with Crippen molar-refractivity contribution in [2.75, 3.05) is 16.8 Å². The number of fused-ring (bicyclic) bond motifs is 8.